The van der Waals surface area contributed by atoms with Crippen LogP contribution in [0.15, 0.2) is 88.9 Å². The topological polar surface area (TPSA) is 88.1 Å². The molecule has 0 aromatic heterocycles. The molecule has 0 fully saturated rings. The molecule has 0 saturated heterocycles. The third kappa shape index (κ3) is 7.16. The van der Waals surface area contributed by atoms with E-state index in [1.54, 1.807) is 30.3 Å². The van der Waals surface area contributed by atoms with Crippen molar-refractivity contribution in [1.82, 2.24) is 5.43 Å². The Bertz CT molecular complexity index is 1240. The number of rotatable bonds is 10. The van der Waals surface area contributed by atoms with Gasteiger partial charge < -0.3 is 4.74 Å². The first-order valence-electron chi connectivity index (χ1n) is 11.4. The van der Waals surface area contributed by atoms with Crippen LogP contribution < -0.4 is 14.5 Å². The molecule has 0 atom stereocenters. The molecule has 0 saturated carbocycles. The van der Waals surface area contributed by atoms with Crippen molar-refractivity contribution >= 4 is 27.8 Å². The smallest absolute Gasteiger partial charge is 0.264 e. The van der Waals surface area contributed by atoms with E-state index in [0.29, 0.717) is 11.6 Å². The Labute approximate surface area is 207 Å². The molecule has 0 unspecified atom stereocenters. The number of hydrogen-bond donors (Lipinski definition) is 1. The van der Waals surface area contributed by atoms with E-state index in [4.69, 9.17) is 4.74 Å². The van der Waals surface area contributed by atoms with Gasteiger partial charge in [0, 0.05) is 0 Å². The van der Waals surface area contributed by atoms with Gasteiger partial charge in [0.25, 0.3) is 15.9 Å². The maximum atomic E-state index is 13.4. The summed E-state index contributed by atoms with van der Waals surface area (Å²) < 4.78 is 33.5. The number of carbonyl (C=O) groups is 1. The molecule has 3 rings (SSSR count). The molecule has 0 aliphatic rings. The molecular weight excluding hydrogens is 462 g/mol. The Balaban J connectivity index is 1.77. The largest absolute Gasteiger partial charge is 0.491 e. The van der Waals surface area contributed by atoms with Gasteiger partial charge in [-0.3, -0.25) is 9.10 Å². The second kappa shape index (κ2) is 11.7. The SMILES string of the molecule is CC(C)Oc1ccc(/C=N/NC(=O)CN(c2ccc(C(C)C)cc2)S(=O)(=O)c2ccccc2)cc1. The lowest BCUT2D eigenvalue weighted by molar-refractivity contribution is -0.119. The number of nitrogens with one attached hydrogen (secondary N) is 1. The zero-order chi connectivity index (χ0) is 25.4. The molecule has 0 aliphatic heterocycles. The average Bonchev–Trinajstić information content (AvgIpc) is 2.84. The number of hydrogen-bond acceptors (Lipinski definition) is 5. The van der Waals surface area contributed by atoms with Crippen LogP contribution in [-0.2, 0) is 14.8 Å². The highest BCUT2D eigenvalue weighted by molar-refractivity contribution is 7.92. The molecule has 0 heterocycles. The first-order valence-corrected chi connectivity index (χ1v) is 12.9. The quantitative estimate of drug-likeness (QED) is 0.320. The lowest BCUT2D eigenvalue weighted by atomic mass is 10.0. The summed E-state index contributed by atoms with van der Waals surface area (Å²) in [5.74, 6) is 0.478. The van der Waals surface area contributed by atoms with Crippen molar-refractivity contribution in [2.45, 2.75) is 44.6 Å². The van der Waals surface area contributed by atoms with E-state index < -0.39 is 22.5 Å². The normalized spacial score (nSPS) is 11.7. The van der Waals surface area contributed by atoms with Crippen molar-refractivity contribution in [2.24, 2.45) is 5.10 Å². The molecule has 35 heavy (non-hydrogen) atoms. The fraction of sp³-hybridized carbons (Fsp3) is 0.259. The van der Waals surface area contributed by atoms with E-state index in [9.17, 15) is 13.2 Å². The van der Waals surface area contributed by atoms with Crippen molar-refractivity contribution < 1.29 is 17.9 Å². The molecule has 184 valence electrons. The van der Waals surface area contributed by atoms with E-state index in [0.717, 1.165) is 21.2 Å². The number of sulfonamides is 1. The zero-order valence-corrected chi connectivity index (χ0v) is 21.2. The summed E-state index contributed by atoms with van der Waals surface area (Å²) in [4.78, 5) is 12.8. The van der Waals surface area contributed by atoms with Gasteiger partial charge in [0.05, 0.1) is 22.9 Å². The predicted molar refractivity (Wildman–Crippen MR) is 139 cm³/mol. The number of hydrazone groups is 1. The van der Waals surface area contributed by atoms with Gasteiger partial charge in [-0.25, -0.2) is 13.8 Å². The van der Waals surface area contributed by atoms with Crippen LogP contribution in [0.5, 0.6) is 5.75 Å². The van der Waals surface area contributed by atoms with Gasteiger partial charge in [-0.1, -0.05) is 44.2 Å². The molecule has 1 amide bonds. The maximum absolute atomic E-state index is 13.4. The van der Waals surface area contributed by atoms with Crippen LogP contribution >= 0.6 is 0 Å². The van der Waals surface area contributed by atoms with E-state index >= 15 is 0 Å². The first kappa shape index (κ1) is 26.0. The van der Waals surface area contributed by atoms with Gasteiger partial charge in [-0.15, -0.1) is 0 Å². The number of ether oxygens (including phenoxy) is 1. The summed E-state index contributed by atoms with van der Waals surface area (Å²) in [6.45, 7) is 7.60. The molecule has 3 aromatic carbocycles. The fourth-order valence-corrected chi connectivity index (χ4v) is 4.75. The van der Waals surface area contributed by atoms with Gasteiger partial charge in [0.2, 0.25) is 0 Å². The molecule has 0 aliphatic carbocycles. The van der Waals surface area contributed by atoms with Crippen LogP contribution in [0.1, 0.15) is 44.7 Å². The fourth-order valence-electron chi connectivity index (χ4n) is 3.31. The van der Waals surface area contributed by atoms with Gasteiger partial charge in [0.1, 0.15) is 12.3 Å². The monoisotopic (exact) mass is 493 g/mol. The number of nitrogens with zero attached hydrogens (tertiary/aromatic N) is 2. The molecule has 7 nitrogen and oxygen atoms in total. The third-order valence-electron chi connectivity index (χ3n) is 5.12. The van der Waals surface area contributed by atoms with Crippen LogP contribution in [-0.4, -0.2) is 33.2 Å². The van der Waals surface area contributed by atoms with Crippen molar-refractivity contribution in [3.05, 3.63) is 90.0 Å². The Morgan fingerprint density at radius 2 is 1.57 bits per heavy atom. The van der Waals surface area contributed by atoms with Gasteiger partial charge in [0.15, 0.2) is 0 Å². The van der Waals surface area contributed by atoms with Gasteiger partial charge >= 0.3 is 0 Å². The standard InChI is InChI=1S/C27H31N3O4S/c1-20(2)23-12-14-24(15-13-23)30(35(32,33)26-8-6-5-7-9-26)19-27(31)29-28-18-22-10-16-25(17-11-22)34-21(3)4/h5-18,20-21H,19H2,1-4H3,(H,29,31)/b28-18+. The highest BCUT2D eigenvalue weighted by Crippen LogP contribution is 2.25. The van der Waals surface area contributed by atoms with Crippen molar-refractivity contribution in [3.63, 3.8) is 0 Å². The second-order valence-corrected chi connectivity index (χ2v) is 10.5. The van der Waals surface area contributed by atoms with Crippen LogP contribution in [0.3, 0.4) is 0 Å². The van der Waals surface area contributed by atoms with Crippen LogP contribution in [0.25, 0.3) is 0 Å². The molecule has 0 spiro atoms. The second-order valence-electron chi connectivity index (χ2n) is 8.60. The highest BCUT2D eigenvalue weighted by Gasteiger charge is 2.27. The zero-order valence-electron chi connectivity index (χ0n) is 20.4. The molecular formula is C27H31N3O4S. The summed E-state index contributed by atoms with van der Waals surface area (Å²) in [6.07, 6.45) is 1.57. The van der Waals surface area contributed by atoms with E-state index in [-0.39, 0.29) is 11.0 Å². The molecule has 1 N–H and O–H groups in total. The minimum Gasteiger partial charge on any atom is -0.491 e. The number of anilines is 1. The van der Waals surface area contributed by atoms with Crippen LogP contribution in [0, 0.1) is 0 Å². The lowest BCUT2D eigenvalue weighted by Gasteiger charge is -2.24. The number of amides is 1. The molecule has 8 heteroatoms. The van der Waals surface area contributed by atoms with Crippen molar-refractivity contribution in [1.29, 1.82) is 0 Å². The lowest BCUT2D eigenvalue weighted by Crippen LogP contribution is -2.39. The molecule has 0 bridgehead atoms. The molecule has 0 radical (unpaired) electrons. The van der Waals surface area contributed by atoms with E-state index in [1.165, 1.54) is 18.3 Å². The Kier molecular flexibility index (Phi) is 8.65. The third-order valence-corrected chi connectivity index (χ3v) is 6.91. The summed E-state index contributed by atoms with van der Waals surface area (Å²) in [5.41, 5.74) is 4.66. The summed E-state index contributed by atoms with van der Waals surface area (Å²) in [5, 5.41) is 3.98. The van der Waals surface area contributed by atoms with E-state index in [2.05, 4.69) is 24.4 Å². The van der Waals surface area contributed by atoms with Gasteiger partial charge in [-0.2, -0.15) is 5.10 Å². The Morgan fingerprint density at radius 1 is 0.943 bits per heavy atom. The van der Waals surface area contributed by atoms with E-state index in [1.807, 2.05) is 50.2 Å². The Morgan fingerprint density at radius 3 is 2.14 bits per heavy atom. The number of benzene rings is 3. The van der Waals surface area contributed by atoms with Crippen molar-refractivity contribution in [3.8, 4) is 5.75 Å². The minimum absolute atomic E-state index is 0.0745. The minimum atomic E-state index is -3.97. The summed E-state index contributed by atoms with van der Waals surface area (Å²) in [7, 11) is -3.97. The number of carbonyl (C=O) groups excluding carboxylic acids is 1. The summed E-state index contributed by atoms with van der Waals surface area (Å²) >= 11 is 0. The van der Waals surface area contributed by atoms with Crippen LogP contribution in [0.4, 0.5) is 5.69 Å². The molecule has 3 aromatic rings. The highest BCUT2D eigenvalue weighted by atomic mass is 32.2. The summed E-state index contributed by atoms with van der Waals surface area (Å²) in [6, 6.07) is 22.5. The predicted octanol–water partition coefficient (Wildman–Crippen LogP) is 4.94. The Hall–Kier alpha value is -3.65. The maximum Gasteiger partial charge on any atom is 0.264 e. The average molecular weight is 494 g/mol. The van der Waals surface area contributed by atoms with Gasteiger partial charge in [-0.05, 0) is 79.4 Å². The van der Waals surface area contributed by atoms with Crippen molar-refractivity contribution in [2.75, 3.05) is 10.8 Å². The first-order chi connectivity index (χ1) is 16.7. The van der Waals surface area contributed by atoms with Crippen LogP contribution in [0.2, 0.25) is 0 Å².